The molecule has 72 valence electrons. The summed E-state index contributed by atoms with van der Waals surface area (Å²) in [5, 5.41) is 0. The maximum atomic E-state index is 4.40. The van der Waals surface area contributed by atoms with Gasteiger partial charge in [-0.2, -0.15) is 12.6 Å². The van der Waals surface area contributed by atoms with Crippen molar-refractivity contribution in [2.24, 2.45) is 5.41 Å². The first-order valence-corrected chi connectivity index (χ1v) is 5.54. The van der Waals surface area contributed by atoms with E-state index in [1.165, 1.54) is 18.7 Å². The Balaban J connectivity index is 2.09. The SMILES string of the molecule is CCc1nccn1CC1(CS)CC1. The van der Waals surface area contributed by atoms with Crippen LogP contribution in [0.2, 0.25) is 0 Å². The molecule has 0 amide bonds. The highest BCUT2D eigenvalue weighted by Crippen LogP contribution is 2.48. The minimum Gasteiger partial charge on any atom is -0.334 e. The summed E-state index contributed by atoms with van der Waals surface area (Å²) in [6, 6.07) is 0. The summed E-state index contributed by atoms with van der Waals surface area (Å²) in [4.78, 5) is 4.32. The molecule has 2 nitrogen and oxygen atoms in total. The average molecular weight is 196 g/mol. The highest BCUT2D eigenvalue weighted by atomic mass is 32.1. The number of aromatic nitrogens is 2. The minimum absolute atomic E-state index is 0.494. The van der Waals surface area contributed by atoms with E-state index in [4.69, 9.17) is 0 Å². The van der Waals surface area contributed by atoms with E-state index in [-0.39, 0.29) is 0 Å². The number of hydrogen-bond donors (Lipinski definition) is 1. The van der Waals surface area contributed by atoms with E-state index in [2.05, 4.69) is 35.3 Å². The van der Waals surface area contributed by atoms with Gasteiger partial charge in [-0.25, -0.2) is 4.98 Å². The van der Waals surface area contributed by atoms with Crippen molar-refractivity contribution >= 4 is 12.6 Å². The molecular weight excluding hydrogens is 180 g/mol. The van der Waals surface area contributed by atoms with Gasteiger partial charge < -0.3 is 4.57 Å². The van der Waals surface area contributed by atoms with Crippen LogP contribution in [0.5, 0.6) is 0 Å². The van der Waals surface area contributed by atoms with Gasteiger partial charge in [0.25, 0.3) is 0 Å². The molecule has 0 aromatic carbocycles. The number of imidazole rings is 1. The molecule has 0 radical (unpaired) electrons. The van der Waals surface area contributed by atoms with Crippen molar-refractivity contribution in [2.75, 3.05) is 5.75 Å². The Hall–Kier alpha value is -0.440. The average Bonchev–Trinajstić information content (AvgIpc) is 2.78. The number of rotatable bonds is 4. The fourth-order valence-corrected chi connectivity index (χ4v) is 2.12. The third-order valence-electron chi connectivity index (χ3n) is 2.92. The fraction of sp³-hybridized carbons (Fsp3) is 0.700. The molecule has 0 saturated heterocycles. The lowest BCUT2D eigenvalue weighted by molar-refractivity contribution is 0.462. The molecule has 1 aromatic heterocycles. The quantitative estimate of drug-likeness (QED) is 0.731. The van der Waals surface area contributed by atoms with E-state index in [0.29, 0.717) is 5.41 Å². The van der Waals surface area contributed by atoms with Crippen LogP contribution in [-0.4, -0.2) is 15.3 Å². The number of hydrogen-bond acceptors (Lipinski definition) is 2. The van der Waals surface area contributed by atoms with Crippen molar-refractivity contribution in [1.29, 1.82) is 0 Å². The Morgan fingerprint density at radius 3 is 2.92 bits per heavy atom. The van der Waals surface area contributed by atoms with E-state index in [1.54, 1.807) is 0 Å². The van der Waals surface area contributed by atoms with Crippen LogP contribution < -0.4 is 0 Å². The van der Waals surface area contributed by atoms with Crippen molar-refractivity contribution in [3.05, 3.63) is 18.2 Å². The number of aryl methyl sites for hydroxylation is 1. The van der Waals surface area contributed by atoms with Crippen LogP contribution in [0.15, 0.2) is 12.4 Å². The summed E-state index contributed by atoms with van der Waals surface area (Å²) < 4.78 is 2.28. The van der Waals surface area contributed by atoms with Crippen molar-refractivity contribution in [3.63, 3.8) is 0 Å². The summed E-state index contributed by atoms with van der Waals surface area (Å²) in [7, 11) is 0. The van der Waals surface area contributed by atoms with Crippen LogP contribution in [0.1, 0.15) is 25.6 Å². The van der Waals surface area contributed by atoms with E-state index in [0.717, 1.165) is 18.7 Å². The molecule has 0 bridgehead atoms. The lowest BCUT2D eigenvalue weighted by Crippen LogP contribution is -2.14. The molecule has 13 heavy (non-hydrogen) atoms. The molecular formula is C10H16N2S. The third kappa shape index (κ3) is 1.75. The molecule has 0 aliphatic heterocycles. The predicted octanol–water partition coefficient (Wildman–Crippen LogP) is 2.16. The lowest BCUT2D eigenvalue weighted by atomic mass is 10.1. The minimum atomic E-state index is 0.494. The zero-order valence-corrected chi connectivity index (χ0v) is 8.93. The van der Waals surface area contributed by atoms with E-state index >= 15 is 0 Å². The van der Waals surface area contributed by atoms with Crippen molar-refractivity contribution in [3.8, 4) is 0 Å². The Bertz CT molecular complexity index is 289. The number of thiol groups is 1. The fourth-order valence-electron chi connectivity index (χ4n) is 1.70. The van der Waals surface area contributed by atoms with Gasteiger partial charge in [-0.05, 0) is 24.0 Å². The topological polar surface area (TPSA) is 17.8 Å². The summed E-state index contributed by atoms with van der Waals surface area (Å²) in [6.45, 7) is 3.26. The molecule has 1 aliphatic rings. The van der Waals surface area contributed by atoms with E-state index in [9.17, 15) is 0 Å². The second-order valence-corrected chi connectivity index (χ2v) is 4.30. The van der Waals surface area contributed by atoms with Gasteiger partial charge in [-0.1, -0.05) is 6.92 Å². The normalized spacial score (nSPS) is 18.9. The lowest BCUT2D eigenvalue weighted by Gasteiger charge is -2.14. The summed E-state index contributed by atoms with van der Waals surface area (Å²) in [5.41, 5.74) is 0.494. The van der Waals surface area contributed by atoms with Crippen molar-refractivity contribution in [2.45, 2.75) is 32.7 Å². The molecule has 2 rings (SSSR count). The molecule has 0 unspecified atom stereocenters. The van der Waals surface area contributed by atoms with Gasteiger partial charge in [-0.15, -0.1) is 0 Å². The molecule has 0 N–H and O–H groups in total. The first kappa shape index (κ1) is 9.13. The predicted molar refractivity (Wildman–Crippen MR) is 57.1 cm³/mol. The molecule has 1 heterocycles. The van der Waals surface area contributed by atoms with Gasteiger partial charge >= 0.3 is 0 Å². The van der Waals surface area contributed by atoms with E-state index < -0.39 is 0 Å². The summed E-state index contributed by atoms with van der Waals surface area (Å²) >= 11 is 4.40. The largest absolute Gasteiger partial charge is 0.334 e. The standard InChI is InChI=1S/C10H16N2S/c1-2-9-11-5-6-12(9)7-10(8-13)3-4-10/h5-6,13H,2-4,7-8H2,1H3. The molecule has 1 aliphatic carbocycles. The highest BCUT2D eigenvalue weighted by Gasteiger charge is 2.41. The van der Waals surface area contributed by atoms with Crippen LogP contribution in [0.25, 0.3) is 0 Å². The van der Waals surface area contributed by atoms with Crippen LogP contribution >= 0.6 is 12.6 Å². The summed E-state index contributed by atoms with van der Waals surface area (Å²) in [5.74, 6) is 2.21. The van der Waals surface area contributed by atoms with Gasteiger partial charge in [0.15, 0.2) is 0 Å². The van der Waals surface area contributed by atoms with Crippen LogP contribution in [0.4, 0.5) is 0 Å². The number of nitrogens with zero attached hydrogens (tertiary/aromatic N) is 2. The van der Waals surface area contributed by atoms with E-state index in [1.807, 2.05) is 6.20 Å². The monoisotopic (exact) mass is 196 g/mol. The van der Waals surface area contributed by atoms with Crippen LogP contribution in [0, 0.1) is 5.41 Å². The third-order valence-corrected chi connectivity index (χ3v) is 3.59. The van der Waals surface area contributed by atoms with Gasteiger partial charge in [0, 0.05) is 25.4 Å². The Kier molecular flexibility index (Phi) is 2.37. The second kappa shape index (κ2) is 3.37. The van der Waals surface area contributed by atoms with Crippen LogP contribution in [-0.2, 0) is 13.0 Å². The highest BCUT2D eigenvalue weighted by molar-refractivity contribution is 7.80. The second-order valence-electron chi connectivity index (χ2n) is 3.98. The van der Waals surface area contributed by atoms with Gasteiger partial charge in [0.05, 0.1) is 0 Å². The molecule has 3 heteroatoms. The van der Waals surface area contributed by atoms with Gasteiger partial charge in [-0.3, -0.25) is 0 Å². The zero-order valence-electron chi connectivity index (χ0n) is 8.03. The van der Waals surface area contributed by atoms with Crippen molar-refractivity contribution < 1.29 is 0 Å². The summed E-state index contributed by atoms with van der Waals surface area (Å²) in [6.07, 6.45) is 7.67. The molecule has 1 aromatic rings. The van der Waals surface area contributed by atoms with Crippen LogP contribution in [0.3, 0.4) is 0 Å². The zero-order chi connectivity index (χ0) is 9.31. The maximum absolute atomic E-state index is 4.40. The first-order chi connectivity index (χ1) is 6.29. The molecule has 0 atom stereocenters. The molecule has 1 saturated carbocycles. The Morgan fingerprint density at radius 2 is 2.38 bits per heavy atom. The Labute approximate surface area is 84.8 Å². The smallest absolute Gasteiger partial charge is 0.108 e. The maximum Gasteiger partial charge on any atom is 0.108 e. The Morgan fingerprint density at radius 1 is 1.62 bits per heavy atom. The molecule has 0 spiro atoms. The first-order valence-electron chi connectivity index (χ1n) is 4.90. The van der Waals surface area contributed by atoms with Gasteiger partial charge in [0.1, 0.15) is 5.82 Å². The van der Waals surface area contributed by atoms with Crippen molar-refractivity contribution in [1.82, 2.24) is 9.55 Å². The van der Waals surface area contributed by atoms with Gasteiger partial charge in [0.2, 0.25) is 0 Å². The molecule has 1 fully saturated rings.